The highest BCUT2D eigenvalue weighted by Crippen LogP contribution is 2.16. The molecule has 0 saturated carbocycles. The summed E-state index contributed by atoms with van der Waals surface area (Å²) < 4.78 is 5.27. The molecule has 0 radical (unpaired) electrons. The Kier molecular flexibility index (Phi) is 4.43. The summed E-state index contributed by atoms with van der Waals surface area (Å²) in [5, 5.41) is 3.22. The van der Waals surface area contributed by atoms with Crippen LogP contribution in [0.15, 0.2) is 6.20 Å². The Hall–Kier alpha value is -1.27. The zero-order chi connectivity index (χ0) is 13.0. The summed E-state index contributed by atoms with van der Waals surface area (Å²) in [6, 6.07) is 0. The molecule has 18 heavy (non-hydrogen) atoms. The first-order valence-electron chi connectivity index (χ1n) is 5.99. The molecule has 0 bridgehead atoms. The molecule has 1 aliphatic heterocycles. The average Bonchev–Trinajstić information content (AvgIpc) is 2.99. The minimum Gasteiger partial charge on any atom is -0.381 e. The van der Waals surface area contributed by atoms with Crippen molar-refractivity contribution in [2.45, 2.75) is 19.8 Å². The van der Waals surface area contributed by atoms with Crippen molar-refractivity contribution >= 4 is 23.0 Å². The molecular weight excluding hydrogens is 252 g/mol. The standard InChI is InChI=1S/C12H16N2O3S/c1-8(15)12-14-6-10(18-12)11(16)13-4-2-9-3-5-17-7-9/h6,9H,2-5,7H2,1H3,(H,13,16)/t9-/m0/s1. The van der Waals surface area contributed by atoms with E-state index in [1.54, 1.807) is 0 Å². The molecule has 2 rings (SSSR count). The Bertz CT molecular complexity index is 438. The lowest BCUT2D eigenvalue weighted by atomic mass is 10.1. The summed E-state index contributed by atoms with van der Waals surface area (Å²) in [6.45, 7) is 3.71. The Morgan fingerprint density at radius 2 is 2.44 bits per heavy atom. The van der Waals surface area contributed by atoms with Gasteiger partial charge >= 0.3 is 0 Å². The summed E-state index contributed by atoms with van der Waals surface area (Å²) in [5.74, 6) is 0.292. The van der Waals surface area contributed by atoms with Gasteiger partial charge in [0.05, 0.1) is 6.20 Å². The number of carbonyl (C=O) groups excluding carboxylic acids is 2. The van der Waals surface area contributed by atoms with Crippen LogP contribution < -0.4 is 5.32 Å². The van der Waals surface area contributed by atoms with Crippen molar-refractivity contribution in [2.24, 2.45) is 5.92 Å². The van der Waals surface area contributed by atoms with Gasteiger partial charge in [0.25, 0.3) is 5.91 Å². The van der Waals surface area contributed by atoms with E-state index in [4.69, 9.17) is 4.74 Å². The fraction of sp³-hybridized carbons (Fsp3) is 0.583. The number of aromatic nitrogens is 1. The lowest BCUT2D eigenvalue weighted by Crippen LogP contribution is -2.25. The van der Waals surface area contributed by atoms with Gasteiger partial charge in [-0.3, -0.25) is 9.59 Å². The van der Waals surface area contributed by atoms with E-state index in [1.165, 1.54) is 13.1 Å². The van der Waals surface area contributed by atoms with Gasteiger partial charge in [0.15, 0.2) is 10.8 Å². The number of thiazole rings is 1. The van der Waals surface area contributed by atoms with E-state index in [9.17, 15) is 9.59 Å². The summed E-state index contributed by atoms with van der Waals surface area (Å²) >= 11 is 1.13. The van der Waals surface area contributed by atoms with Gasteiger partial charge in [-0.25, -0.2) is 4.98 Å². The van der Waals surface area contributed by atoms with Crippen LogP contribution in [0.3, 0.4) is 0 Å². The number of Topliss-reactive ketones (excluding diaryl/α,β-unsaturated/α-hetero) is 1. The van der Waals surface area contributed by atoms with Gasteiger partial charge in [0.1, 0.15) is 4.88 Å². The highest BCUT2D eigenvalue weighted by Gasteiger charge is 2.16. The first-order valence-corrected chi connectivity index (χ1v) is 6.81. The molecule has 6 heteroatoms. The monoisotopic (exact) mass is 268 g/mol. The van der Waals surface area contributed by atoms with Crippen LogP contribution in [-0.2, 0) is 4.74 Å². The molecule has 0 unspecified atom stereocenters. The maximum atomic E-state index is 11.8. The minimum atomic E-state index is -0.154. The summed E-state index contributed by atoms with van der Waals surface area (Å²) in [4.78, 5) is 27.2. The molecule has 1 aliphatic rings. The third-order valence-corrected chi connectivity index (χ3v) is 3.99. The van der Waals surface area contributed by atoms with E-state index in [0.717, 1.165) is 37.4 Å². The summed E-state index contributed by atoms with van der Waals surface area (Å²) in [5.41, 5.74) is 0. The Labute approximate surface area is 110 Å². The van der Waals surface area contributed by atoms with Crippen molar-refractivity contribution in [3.63, 3.8) is 0 Å². The van der Waals surface area contributed by atoms with Crippen LogP contribution in [0.2, 0.25) is 0 Å². The number of nitrogens with zero attached hydrogens (tertiary/aromatic N) is 1. The van der Waals surface area contributed by atoms with Gasteiger partial charge in [-0.15, -0.1) is 11.3 Å². The number of rotatable bonds is 5. The van der Waals surface area contributed by atoms with Gasteiger partial charge in [-0.05, 0) is 18.8 Å². The van der Waals surface area contributed by atoms with E-state index < -0.39 is 0 Å². The molecule has 0 aromatic carbocycles. The van der Waals surface area contributed by atoms with E-state index in [0.29, 0.717) is 22.3 Å². The number of hydrogen-bond donors (Lipinski definition) is 1. The number of ether oxygens (including phenoxy) is 1. The minimum absolute atomic E-state index is 0.109. The average molecular weight is 268 g/mol. The van der Waals surface area contributed by atoms with Gasteiger partial charge in [0, 0.05) is 26.7 Å². The van der Waals surface area contributed by atoms with Gasteiger partial charge in [-0.2, -0.15) is 0 Å². The molecule has 98 valence electrons. The molecule has 1 aromatic heterocycles. The fourth-order valence-electron chi connectivity index (χ4n) is 1.83. The number of nitrogens with one attached hydrogen (secondary N) is 1. The highest BCUT2D eigenvalue weighted by atomic mass is 32.1. The zero-order valence-electron chi connectivity index (χ0n) is 10.3. The number of amides is 1. The lowest BCUT2D eigenvalue weighted by molar-refractivity contribution is 0.0953. The van der Waals surface area contributed by atoms with Crippen molar-refractivity contribution in [1.29, 1.82) is 0 Å². The maximum absolute atomic E-state index is 11.8. The second-order valence-electron chi connectivity index (χ2n) is 4.36. The third kappa shape index (κ3) is 3.36. The van der Waals surface area contributed by atoms with Crippen molar-refractivity contribution in [1.82, 2.24) is 10.3 Å². The molecule has 5 nitrogen and oxygen atoms in total. The Morgan fingerprint density at radius 1 is 1.61 bits per heavy atom. The quantitative estimate of drug-likeness (QED) is 0.822. The van der Waals surface area contributed by atoms with E-state index in [-0.39, 0.29) is 11.7 Å². The summed E-state index contributed by atoms with van der Waals surface area (Å²) in [6.07, 6.45) is 3.46. The van der Waals surface area contributed by atoms with Gasteiger partial charge in [0.2, 0.25) is 0 Å². The zero-order valence-corrected chi connectivity index (χ0v) is 11.1. The van der Waals surface area contributed by atoms with Gasteiger partial charge < -0.3 is 10.1 Å². The molecule has 1 saturated heterocycles. The molecule has 0 aliphatic carbocycles. The molecule has 2 heterocycles. The van der Waals surface area contributed by atoms with Gasteiger partial charge in [-0.1, -0.05) is 0 Å². The maximum Gasteiger partial charge on any atom is 0.263 e. The van der Waals surface area contributed by atoms with Crippen LogP contribution in [0.25, 0.3) is 0 Å². The first kappa shape index (κ1) is 13.2. The van der Waals surface area contributed by atoms with Crippen molar-refractivity contribution in [3.8, 4) is 0 Å². The predicted molar refractivity (Wildman–Crippen MR) is 68.0 cm³/mol. The molecule has 1 N–H and O–H groups in total. The normalized spacial score (nSPS) is 18.8. The second kappa shape index (κ2) is 6.06. The van der Waals surface area contributed by atoms with Crippen LogP contribution in [0.5, 0.6) is 0 Å². The highest BCUT2D eigenvalue weighted by molar-refractivity contribution is 7.15. The van der Waals surface area contributed by atoms with Crippen LogP contribution >= 0.6 is 11.3 Å². The van der Waals surface area contributed by atoms with Crippen molar-refractivity contribution in [3.05, 3.63) is 16.1 Å². The second-order valence-corrected chi connectivity index (χ2v) is 5.39. The van der Waals surface area contributed by atoms with Crippen LogP contribution in [0, 0.1) is 5.92 Å². The fourth-order valence-corrected chi connectivity index (χ4v) is 2.56. The number of hydrogen-bond acceptors (Lipinski definition) is 5. The predicted octanol–water partition coefficient (Wildman–Crippen LogP) is 1.50. The van der Waals surface area contributed by atoms with E-state index >= 15 is 0 Å². The largest absolute Gasteiger partial charge is 0.381 e. The number of carbonyl (C=O) groups is 2. The van der Waals surface area contributed by atoms with Crippen molar-refractivity contribution < 1.29 is 14.3 Å². The lowest BCUT2D eigenvalue weighted by Gasteiger charge is -2.07. The molecule has 1 amide bonds. The third-order valence-electron chi connectivity index (χ3n) is 2.89. The van der Waals surface area contributed by atoms with Crippen LogP contribution in [0.4, 0.5) is 0 Å². The molecule has 1 aromatic rings. The summed E-state index contributed by atoms with van der Waals surface area (Å²) in [7, 11) is 0. The smallest absolute Gasteiger partial charge is 0.263 e. The Morgan fingerprint density at radius 3 is 3.06 bits per heavy atom. The molecule has 0 spiro atoms. The molecule has 1 fully saturated rings. The Balaban J connectivity index is 1.77. The van der Waals surface area contributed by atoms with Crippen molar-refractivity contribution in [2.75, 3.05) is 19.8 Å². The van der Waals surface area contributed by atoms with E-state index in [1.807, 2.05) is 0 Å². The number of ketones is 1. The molecular formula is C12H16N2O3S. The van der Waals surface area contributed by atoms with Crippen LogP contribution in [0.1, 0.15) is 39.2 Å². The first-order chi connectivity index (χ1) is 8.66. The topological polar surface area (TPSA) is 68.3 Å². The van der Waals surface area contributed by atoms with E-state index in [2.05, 4.69) is 10.3 Å². The SMILES string of the molecule is CC(=O)c1ncc(C(=O)NCC[C@H]2CCOC2)s1. The van der Waals surface area contributed by atoms with Crippen LogP contribution in [-0.4, -0.2) is 36.4 Å². The molecule has 1 atom stereocenters.